The van der Waals surface area contributed by atoms with E-state index in [9.17, 15) is 25.2 Å². The number of para-hydroxylation sites is 1. The van der Waals surface area contributed by atoms with Crippen LogP contribution in [0.1, 0.15) is 10.4 Å². The molecule has 3 rings (SSSR count). The number of ether oxygens (including phenoxy) is 4. The SMILES string of the molecule is COc1cc(C(=O)OC[C@H]2OC(O)[C@H](O)[C@@H](O)[C@H]2O)ccc1Oc1ccccc1. The van der Waals surface area contributed by atoms with Gasteiger partial charge in [0.05, 0.1) is 12.7 Å². The molecular weight excluding hydrogens is 384 g/mol. The number of rotatable bonds is 6. The van der Waals surface area contributed by atoms with Gasteiger partial charge in [-0.05, 0) is 30.3 Å². The summed E-state index contributed by atoms with van der Waals surface area (Å²) >= 11 is 0. The Morgan fingerprint density at radius 3 is 2.38 bits per heavy atom. The van der Waals surface area contributed by atoms with Gasteiger partial charge in [-0.1, -0.05) is 18.2 Å². The van der Waals surface area contributed by atoms with E-state index in [1.807, 2.05) is 18.2 Å². The van der Waals surface area contributed by atoms with Gasteiger partial charge in [0.2, 0.25) is 0 Å². The number of hydrogen-bond donors (Lipinski definition) is 4. The standard InChI is InChI=1S/C20H22O9/c1-26-14-9-11(7-8-13(14)28-12-5-3-2-4-6-12)19(24)27-10-15-16(21)17(22)18(23)20(25)29-15/h2-9,15-18,20-23,25H,10H2,1H3/t15-,16+,17+,18-,20?/m1/s1. The molecule has 0 bridgehead atoms. The van der Waals surface area contributed by atoms with E-state index >= 15 is 0 Å². The Bertz CT molecular complexity index is 826. The molecule has 1 saturated heterocycles. The number of carbonyl (C=O) groups excluding carboxylic acids is 1. The van der Waals surface area contributed by atoms with E-state index in [1.54, 1.807) is 18.2 Å². The zero-order valence-electron chi connectivity index (χ0n) is 15.5. The van der Waals surface area contributed by atoms with Gasteiger partial charge in [-0.25, -0.2) is 4.79 Å². The Kier molecular flexibility index (Phi) is 6.68. The summed E-state index contributed by atoms with van der Waals surface area (Å²) in [4.78, 5) is 12.3. The summed E-state index contributed by atoms with van der Waals surface area (Å²) in [6.45, 7) is -0.439. The maximum atomic E-state index is 12.3. The molecule has 1 aliphatic rings. The van der Waals surface area contributed by atoms with E-state index in [1.165, 1.54) is 19.2 Å². The van der Waals surface area contributed by atoms with Gasteiger partial charge in [0.1, 0.15) is 36.8 Å². The molecule has 1 unspecified atom stereocenters. The van der Waals surface area contributed by atoms with Crippen LogP contribution < -0.4 is 9.47 Å². The van der Waals surface area contributed by atoms with Gasteiger partial charge in [-0.15, -0.1) is 0 Å². The van der Waals surface area contributed by atoms with Gasteiger partial charge >= 0.3 is 5.97 Å². The molecule has 0 aromatic heterocycles. The second-order valence-corrected chi connectivity index (χ2v) is 6.42. The number of esters is 1. The van der Waals surface area contributed by atoms with E-state index in [0.717, 1.165) is 0 Å². The number of hydrogen-bond acceptors (Lipinski definition) is 9. The Morgan fingerprint density at radius 2 is 1.69 bits per heavy atom. The molecule has 29 heavy (non-hydrogen) atoms. The third-order valence-electron chi connectivity index (χ3n) is 4.44. The lowest BCUT2D eigenvalue weighted by atomic mass is 9.99. The normalized spacial score (nSPS) is 26.6. The van der Waals surface area contributed by atoms with E-state index in [4.69, 9.17) is 18.9 Å². The molecule has 0 amide bonds. The summed E-state index contributed by atoms with van der Waals surface area (Å²) in [7, 11) is 1.43. The van der Waals surface area contributed by atoms with Crippen LogP contribution in [0, 0.1) is 0 Å². The maximum Gasteiger partial charge on any atom is 0.338 e. The Labute approximate surface area is 166 Å². The fourth-order valence-electron chi connectivity index (χ4n) is 2.80. The molecular formula is C20H22O9. The first kappa shape index (κ1) is 21.0. The summed E-state index contributed by atoms with van der Waals surface area (Å²) in [5, 5.41) is 38.6. The van der Waals surface area contributed by atoms with E-state index in [2.05, 4.69) is 0 Å². The Hall–Kier alpha value is -2.69. The van der Waals surface area contributed by atoms with Crippen LogP contribution in [0.15, 0.2) is 48.5 Å². The average molecular weight is 406 g/mol. The van der Waals surface area contributed by atoms with Gasteiger partial charge < -0.3 is 39.4 Å². The van der Waals surface area contributed by atoms with Gasteiger partial charge in [0.15, 0.2) is 17.8 Å². The highest BCUT2D eigenvalue weighted by Gasteiger charge is 2.43. The molecule has 1 heterocycles. The number of aliphatic hydroxyl groups excluding tert-OH is 4. The number of benzene rings is 2. The molecule has 0 spiro atoms. The van der Waals surface area contributed by atoms with E-state index in [-0.39, 0.29) is 5.56 Å². The van der Waals surface area contributed by atoms with Gasteiger partial charge in [0, 0.05) is 0 Å². The summed E-state index contributed by atoms with van der Waals surface area (Å²) in [6, 6.07) is 13.5. The number of aliphatic hydroxyl groups is 4. The third-order valence-corrected chi connectivity index (χ3v) is 4.44. The molecule has 2 aromatic carbocycles. The minimum Gasteiger partial charge on any atom is -0.493 e. The molecule has 4 N–H and O–H groups in total. The Balaban J connectivity index is 1.65. The molecule has 156 valence electrons. The van der Waals surface area contributed by atoms with Gasteiger partial charge in [0.25, 0.3) is 0 Å². The molecule has 0 aliphatic carbocycles. The molecule has 5 atom stereocenters. The predicted octanol–water partition coefficient (Wildman–Crippen LogP) is 0.444. The fourth-order valence-corrected chi connectivity index (χ4v) is 2.80. The largest absolute Gasteiger partial charge is 0.493 e. The minimum atomic E-state index is -1.70. The van der Waals surface area contributed by atoms with Crippen LogP contribution in [0.25, 0.3) is 0 Å². The topological polar surface area (TPSA) is 135 Å². The van der Waals surface area contributed by atoms with Crippen molar-refractivity contribution in [2.75, 3.05) is 13.7 Å². The first-order valence-corrected chi connectivity index (χ1v) is 8.86. The molecule has 2 aromatic rings. The molecule has 1 aliphatic heterocycles. The van der Waals surface area contributed by atoms with Crippen molar-refractivity contribution in [2.45, 2.75) is 30.7 Å². The molecule has 1 fully saturated rings. The quantitative estimate of drug-likeness (QED) is 0.504. The second kappa shape index (κ2) is 9.21. The summed E-state index contributed by atoms with van der Waals surface area (Å²) in [5.74, 6) is 0.581. The molecule has 9 heteroatoms. The highest BCUT2D eigenvalue weighted by atomic mass is 16.6. The highest BCUT2D eigenvalue weighted by Crippen LogP contribution is 2.32. The lowest BCUT2D eigenvalue weighted by Gasteiger charge is -2.37. The number of methoxy groups -OCH3 is 1. The van der Waals surface area contributed by atoms with E-state index < -0.39 is 43.3 Å². The van der Waals surface area contributed by atoms with Crippen molar-refractivity contribution < 1.29 is 44.2 Å². The second-order valence-electron chi connectivity index (χ2n) is 6.42. The summed E-state index contributed by atoms with van der Waals surface area (Å²) in [6.07, 6.45) is -7.71. The lowest BCUT2D eigenvalue weighted by molar-refractivity contribution is -0.286. The minimum absolute atomic E-state index is 0.161. The van der Waals surface area contributed by atoms with Crippen molar-refractivity contribution in [1.82, 2.24) is 0 Å². The third kappa shape index (κ3) is 4.84. The van der Waals surface area contributed by atoms with Crippen LogP contribution in [0.2, 0.25) is 0 Å². The Morgan fingerprint density at radius 1 is 0.966 bits per heavy atom. The molecule has 0 saturated carbocycles. The average Bonchev–Trinajstić information content (AvgIpc) is 2.74. The zero-order chi connectivity index (χ0) is 21.0. The first-order valence-electron chi connectivity index (χ1n) is 8.86. The van der Waals surface area contributed by atoms with E-state index in [0.29, 0.717) is 17.2 Å². The van der Waals surface area contributed by atoms with Crippen molar-refractivity contribution in [3.05, 3.63) is 54.1 Å². The van der Waals surface area contributed by atoms with Crippen LogP contribution in [0.3, 0.4) is 0 Å². The van der Waals surface area contributed by atoms with Gasteiger partial charge in [-0.3, -0.25) is 0 Å². The summed E-state index contributed by atoms with van der Waals surface area (Å²) < 4.78 is 21.1. The van der Waals surface area contributed by atoms with Gasteiger partial charge in [-0.2, -0.15) is 0 Å². The highest BCUT2D eigenvalue weighted by molar-refractivity contribution is 5.90. The van der Waals surface area contributed by atoms with Crippen LogP contribution >= 0.6 is 0 Å². The maximum absolute atomic E-state index is 12.3. The van der Waals surface area contributed by atoms with Crippen LogP contribution in [-0.2, 0) is 9.47 Å². The van der Waals surface area contributed by atoms with Crippen molar-refractivity contribution in [3.8, 4) is 17.2 Å². The van der Waals surface area contributed by atoms with Crippen molar-refractivity contribution in [1.29, 1.82) is 0 Å². The van der Waals surface area contributed by atoms with Crippen molar-refractivity contribution in [3.63, 3.8) is 0 Å². The first-order chi connectivity index (χ1) is 13.9. The fraction of sp³-hybridized carbons (Fsp3) is 0.350. The molecule has 0 radical (unpaired) electrons. The zero-order valence-corrected chi connectivity index (χ0v) is 15.5. The van der Waals surface area contributed by atoms with Crippen LogP contribution in [-0.4, -0.2) is 70.8 Å². The molecule has 9 nitrogen and oxygen atoms in total. The smallest absolute Gasteiger partial charge is 0.338 e. The van der Waals surface area contributed by atoms with Crippen molar-refractivity contribution in [2.24, 2.45) is 0 Å². The number of carbonyl (C=O) groups is 1. The monoisotopic (exact) mass is 406 g/mol. The predicted molar refractivity (Wildman–Crippen MR) is 98.7 cm³/mol. The van der Waals surface area contributed by atoms with Crippen LogP contribution in [0.5, 0.6) is 17.2 Å². The summed E-state index contributed by atoms with van der Waals surface area (Å²) in [5.41, 5.74) is 0.161. The lowest BCUT2D eigenvalue weighted by Crippen LogP contribution is -2.58. The van der Waals surface area contributed by atoms with Crippen LogP contribution in [0.4, 0.5) is 0 Å². The van der Waals surface area contributed by atoms with Crippen molar-refractivity contribution >= 4 is 5.97 Å².